The van der Waals surface area contributed by atoms with Gasteiger partial charge in [-0.2, -0.15) is 13.2 Å². The molecule has 0 aliphatic heterocycles. The molecule has 1 unspecified atom stereocenters. The molecule has 0 saturated heterocycles. The van der Waals surface area contributed by atoms with Gasteiger partial charge in [0.15, 0.2) is 16.6 Å². The van der Waals surface area contributed by atoms with Gasteiger partial charge in [0.1, 0.15) is 5.76 Å². The van der Waals surface area contributed by atoms with Crippen molar-refractivity contribution in [3.63, 3.8) is 0 Å². The Kier molecular flexibility index (Phi) is 5.33. The Hall–Kier alpha value is -2.27. The first-order valence-corrected chi connectivity index (χ1v) is 8.97. The second-order valence-corrected chi connectivity index (χ2v) is 7.15. The van der Waals surface area contributed by atoms with E-state index in [-0.39, 0.29) is 27.6 Å². The van der Waals surface area contributed by atoms with Crippen LogP contribution < -0.4 is 5.32 Å². The van der Waals surface area contributed by atoms with E-state index in [0.717, 1.165) is 28.4 Å². The van der Waals surface area contributed by atoms with Gasteiger partial charge < -0.3 is 9.84 Å². The highest BCUT2D eigenvalue weighted by atomic mass is 35.5. The smallest absolute Gasteiger partial charge is 0.360 e. The number of carbonyl (C=O) groups is 1. The summed E-state index contributed by atoms with van der Waals surface area (Å²) in [6.45, 7) is 3.45. The third-order valence-electron chi connectivity index (χ3n) is 3.55. The molecule has 3 aromatic heterocycles. The number of anilines is 1. The molecule has 0 aliphatic rings. The Morgan fingerprint density at radius 3 is 2.74 bits per heavy atom. The lowest BCUT2D eigenvalue weighted by Gasteiger charge is -2.13. The van der Waals surface area contributed by atoms with Gasteiger partial charge in [0.25, 0.3) is 0 Å². The highest BCUT2D eigenvalue weighted by molar-refractivity contribution is 8.00. The number of pyridine rings is 1. The van der Waals surface area contributed by atoms with E-state index in [1.807, 2.05) is 0 Å². The van der Waals surface area contributed by atoms with Crippen molar-refractivity contribution in [1.82, 2.24) is 19.8 Å². The molecular weight excluding hydrogens is 407 g/mol. The highest BCUT2D eigenvalue weighted by Crippen LogP contribution is 2.34. The summed E-state index contributed by atoms with van der Waals surface area (Å²) >= 11 is 6.87. The highest BCUT2D eigenvalue weighted by Gasteiger charge is 2.32. The van der Waals surface area contributed by atoms with Crippen LogP contribution in [-0.2, 0) is 11.0 Å². The van der Waals surface area contributed by atoms with Crippen LogP contribution in [0.15, 0.2) is 28.0 Å². The number of aromatic nitrogens is 4. The average molecular weight is 420 g/mol. The third-order valence-corrected chi connectivity index (χ3v) is 5.15. The van der Waals surface area contributed by atoms with E-state index in [0.29, 0.717) is 12.2 Å². The van der Waals surface area contributed by atoms with Crippen molar-refractivity contribution >= 4 is 40.7 Å². The number of nitrogens with one attached hydrogen (secondary N) is 1. The summed E-state index contributed by atoms with van der Waals surface area (Å²) in [6.07, 6.45) is -3.32. The molecule has 0 spiro atoms. The number of rotatable bonds is 5. The topological polar surface area (TPSA) is 85.3 Å². The van der Waals surface area contributed by atoms with Crippen molar-refractivity contribution in [3.05, 3.63) is 34.7 Å². The quantitative estimate of drug-likeness (QED) is 0.623. The maximum absolute atomic E-state index is 13.0. The van der Waals surface area contributed by atoms with E-state index in [2.05, 4.69) is 20.7 Å². The number of carbonyl (C=O) groups excluding carboxylic acids is 1. The number of hydrogen-bond donors (Lipinski definition) is 1. The fraction of sp³-hybridized carbons (Fsp3) is 0.333. The third kappa shape index (κ3) is 4.19. The summed E-state index contributed by atoms with van der Waals surface area (Å²) in [5, 5.41) is 13.3. The van der Waals surface area contributed by atoms with Crippen LogP contribution in [0, 0.1) is 6.92 Å². The number of aryl methyl sites for hydroxylation is 1. The van der Waals surface area contributed by atoms with Gasteiger partial charge in [0, 0.05) is 12.3 Å². The van der Waals surface area contributed by atoms with Crippen LogP contribution in [0.25, 0.3) is 5.65 Å². The van der Waals surface area contributed by atoms with Gasteiger partial charge in [-0.1, -0.05) is 35.4 Å². The van der Waals surface area contributed by atoms with Crippen LogP contribution in [0.2, 0.25) is 5.02 Å². The fourth-order valence-corrected chi connectivity index (χ4v) is 3.42. The maximum atomic E-state index is 13.0. The minimum atomic E-state index is -4.57. The first-order chi connectivity index (χ1) is 12.7. The van der Waals surface area contributed by atoms with Gasteiger partial charge in [-0.25, -0.2) is 0 Å². The predicted molar refractivity (Wildman–Crippen MR) is 92.8 cm³/mol. The molecule has 7 nitrogen and oxygen atoms in total. The van der Waals surface area contributed by atoms with Crippen molar-refractivity contribution in [2.75, 3.05) is 5.32 Å². The van der Waals surface area contributed by atoms with Crippen LogP contribution in [0.5, 0.6) is 0 Å². The number of nitrogens with zero attached hydrogens (tertiary/aromatic N) is 4. The summed E-state index contributed by atoms with van der Waals surface area (Å²) in [5.74, 6) is 0.402. The van der Waals surface area contributed by atoms with Gasteiger partial charge in [0.05, 0.1) is 15.8 Å². The lowest BCUT2D eigenvalue weighted by Crippen LogP contribution is -2.25. The minimum absolute atomic E-state index is 0.0783. The van der Waals surface area contributed by atoms with Crippen LogP contribution in [0.1, 0.15) is 24.7 Å². The molecule has 1 atom stereocenters. The Bertz CT molecular complexity index is 988. The monoisotopic (exact) mass is 419 g/mol. The molecule has 0 saturated carbocycles. The number of alkyl halides is 3. The largest absolute Gasteiger partial charge is 0.417 e. The Balaban J connectivity index is 1.87. The standard InChI is InChI=1S/C15H13ClF3N5O2S/c1-3-10(13(25)20-11-4-7(2)26-23-11)27-14-22-21-12-9(16)5-8(6-24(12)14)15(17,18)19/h4-6,10H,3H2,1-2H3,(H,20,23,25). The Labute approximate surface area is 160 Å². The van der Waals surface area contributed by atoms with Crippen molar-refractivity contribution < 1.29 is 22.5 Å². The Morgan fingerprint density at radius 2 is 2.15 bits per heavy atom. The molecule has 0 aliphatic carbocycles. The molecule has 144 valence electrons. The van der Waals surface area contributed by atoms with Crippen LogP contribution in [0.4, 0.5) is 19.0 Å². The lowest BCUT2D eigenvalue weighted by molar-refractivity contribution is -0.137. The number of amides is 1. The second kappa shape index (κ2) is 7.39. The zero-order valence-corrected chi connectivity index (χ0v) is 15.6. The number of fused-ring (bicyclic) bond motifs is 1. The van der Waals surface area contributed by atoms with E-state index in [1.165, 1.54) is 0 Å². The van der Waals surface area contributed by atoms with Gasteiger partial charge in [-0.3, -0.25) is 9.20 Å². The first-order valence-electron chi connectivity index (χ1n) is 7.71. The van der Waals surface area contributed by atoms with Crippen molar-refractivity contribution in [2.45, 2.75) is 36.9 Å². The fourth-order valence-electron chi connectivity index (χ4n) is 2.25. The van der Waals surface area contributed by atoms with Crippen LogP contribution in [0.3, 0.4) is 0 Å². The van der Waals surface area contributed by atoms with Gasteiger partial charge in [-0.05, 0) is 19.4 Å². The normalized spacial score (nSPS) is 13.1. The summed E-state index contributed by atoms with van der Waals surface area (Å²) < 4.78 is 45.1. The molecule has 0 aromatic carbocycles. The van der Waals surface area contributed by atoms with E-state index < -0.39 is 17.0 Å². The molecule has 1 amide bonds. The summed E-state index contributed by atoms with van der Waals surface area (Å²) in [6, 6.07) is 2.34. The average Bonchev–Trinajstić information content (AvgIpc) is 3.18. The van der Waals surface area contributed by atoms with E-state index in [1.54, 1.807) is 19.9 Å². The molecule has 0 fully saturated rings. The number of thioether (sulfide) groups is 1. The summed E-state index contributed by atoms with van der Waals surface area (Å²) in [4.78, 5) is 12.4. The SMILES string of the molecule is CCC(Sc1nnc2c(Cl)cc(C(F)(F)F)cn12)C(=O)Nc1cc(C)on1. The number of halogens is 4. The van der Waals surface area contributed by atoms with Gasteiger partial charge >= 0.3 is 6.18 Å². The van der Waals surface area contributed by atoms with Crippen molar-refractivity contribution in [1.29, 1.82) is 0 Å². The summed E-state index contributed by atoms with van der Waals surface area (Å²) in [7, 11) is 0. The molecule has 12 heteroatoms. The zero-order valence-electron chi connectivity index (χ0n) is 14.0. The van der Waals surface area contributed by atoms with Crippen LogP contribution in [-0.4, -0.2) is 30.9 Å². The van der Waals surface area contributed by atoms with Crippen LogP contribution >= 0.6 is 23.4 Å². The zero-order chi connectivity index (χ0) is 19.8. The Morgan fingerprint density at radius 1 is 1.41 bits per heavy atom. The molecule has 3 aromatic rings. The molecular formula is C15H13ClF3N5O2S. The molecule has 1 N–H and O–H groups in total. The molecule has 0 bridgehead atoms. The van der Waals surface area contributed by atoms with E-state index in [9.17, 15) is 18.0 Å². The molecule has 3 rings (SSSR count). The first kappa shape index (κ1) is 19.5. The van der Waals surface area contributed by atoms with Crippen molar-refractivity contribution in [3.8, 4) is 0 Å². The molecule has 27 heavy (non-hydrogen) atoms. The molecule has 0 radical (unpaired) electrons. The predicted octanol–water partition coefficient (Wildman–Crippen LogP) is 4.21. The minimum Gasteiger partial charge on any atom is -0.360 e. The van der Waals surface area contributed by atoms with E-state index >= 15 is 0 Å². The van der Waals surface area contributed by atoms with Crippen molar-refractivity contribution in [2.24, 2.45) is 0 Å². The summed E-state index contributed by atoms with van der Waals surface area (Å²) in [5.41, 5.74) is -0.855. The van der Waals surface area contributed by atoms with Gasteiger partial charge in [-0.15, -0.1) is 10.2 Å². The second-order valence-electron chi connectivity index (χ2n) is 5.58. The maximum Gasteiger partial charge on any atom is 0.417 e. The van der Waals surface area contributed by atoms with Gasteiger partial charge in [0.2, 0.25) is 5.91 Å². The molecule has 3 heterocycles. The lowest BCUT2D eigenvalue weighted by atomic mass is 10.3. The van der Waals surface area contributed by atoms with E-state index in [4.69, 9.17) is 16.1 Å². The number of hydrogen-bond acceptors (Lipinski definition) is 6.